The van der Waals surface area contributed by atoms with Gasteiger partial charge in [-0.15, -0.1) is 0 Å². The Morgan fingerprint density at radius 2 is 2.20 bits per heavy atom. The van der Waals surface area contributed by atoms with Crippen LogP contribution in [0.5, 0.6) is 5.75 Å². The van der Waals surface area contributed by atoms with Crippen LogP contribution in [0.3, 0.4) is 0 Å². The quantitative estimate of drug-likeness (QED) is 0.764. The van der Waals surface area contributed by atoms with Crippen LogP contribution >= 0.6 is 0 Å². The second-order valence-corrected chi connectivity index (χ2v) is 4.34. The minimum absolute atomic E-state index is 0.0740. The van der Waals surface area contributed by atoms with Crippen molar-refractivity contribution in [1.29, 1.82) is 0 Å². The Hall–Kier alpha value is -1.58. The van der Waals surface area contributed by atoms with Gasteiger partial charge in [0.1, 0.15) is 17.2 Å². The van der Waals surface area contributed by atoms with Crippen LogP contribution in [-0.4, -0.2) is 11.5 Å². The molecule has 1 aliphatic rings. The molecule has 80 valence electrons. The third-order valence-electron chi connectivity index (χ3n) is 2.42. The Labute approximate surface area is 87.0 Å². The molecule has 1 aromatic carbocycles. The van der Waals surface area contributed by atoms with E-state index in [2.05, 4.69) is 0 Å². The molecule has 1 aliphatic heterocycles. The van der Waals surface area contributed by atoms with Crippen LogP contribution in [0.15, 0.2) is 12.1 Å². The van der Waals surface area contributed by atoms with E-state index in [1.807, 2.05) is 13.8 Å². The number of hydrogen-bond donors (Lipinski definition) is 1. The SMILES string of the molecule is CC1(C)Cc2cc(C(N)=O)c(F)cc2O1. The van der Waals surface area contributed by atoms with Gasteiger partial charge in [0.25, 0.3) is 5.91 Å². The van der Waals surface area contributed by atoms with Gasteiger partial charge in [-0.25, -0.2) is 4.39 Å². The highest BCUT2D eigenvalue weighted by Gasteiger charge is 2.31. The summed E-state index contributed by atoms with van der Waals surface area (Å²) in [6.07, 6.45) is 0.656. The molecule has 1 heterocycles. The van der Waals surface area contributed by atoms with Crippen molar-refractivity contribution in [3.8, 4) is 5.75 Å². The predicted octanol–water partition coefficient (Wildman–Crippen LogP) is 1.64. The highest BCUT2D eigenvalue weighted by Crippen LogP contribution is 2.36. The first-order valence-corrected chi connectivity index (χ1v) is 4.70. The molecule has 15 heavy (non-hydrogen) atoms. The van der Waals surface area contributed by atoms with E-state index >= 15 is 0 Å². The standard InChI is InChI=1S/C11H12FNO2/c1-11(2)5-6-3-7(10(13)14)8(12)4-9(6)15-11/h3-4H,5H2,1-2H3,(H2,13,14). The Bertz CT molecular complexity index is 440. The number of carbonyl (C=O) groups is 1. The molecule has 1 aromatic rings. The molecule has 0 atom stereocenters. The van der Waals surface area contributed by atoms with Crippen molar-refractivity contribution in [2.24, 2.45) is 5.73 Å². The molecule has 3 nitrogen and oxygen atoms in total. The van der Waals surface area contributed by atoms with Gasteiger partial charge in [-0.05, 0) is 25.5 Å². The molecule has 0 radical (unpaired) electrons. The molecular weight excluding hydrogens is 197 g/mol. The van der Waals surface area contributed by atoms with Crippen LogP contribution in [0.4, 0.5) is 4.39 Å². The zero-order valence-corrected chi connectivity index (χ0v) is 8.63. The van der Waals surface area contributed by atoms with Crippen molar-refractivity contribution in [3.63, 3.8) is 0 Å². The molecule has 0 unspecified atom stereocenters. The Morgan fingerprint density at radius 1 is 1.53 bits per heavy atom. The van der Waals surface area contributed by atoms with Crippen molar-refractivity contribution in [1.82, 2.24) is 0 Å². The Balaban J connectivity index is 2.50. The van der Waals surface area contributed by atoms with Crippen LogP contribution < -0.4 is 10.5 Å². The van der Waals surface area contributed by atoms with Crippen LogP contribution in [0, 0.1) is 5.82 Å². The van der Waals surface area contributed by atoms with E-state index in [9.17, 15) is 9.18 Å². The van der Waals surface area contributed by atoms with Gasteiger partial charge in [0.15, 0.2) is 0 Å². The van der Waals surface area contributed by atoms with Crippen molar-refractivity contribution in [3.05, 3.63) is 29.1 Å². The molecule has 0 spiro atoms. The first kappa shape index (κ1) is 9.96. The van der Waals surface area contributed by atoms with E-state index in [1.54, 1.807) is 0 Å². The summed E-state index contributed by atoms with van der Waals surface area (Å²) in [5.41, 5.74) is 5.47. The lowest BCUT2D eigenvalue weighted by Gasteiger charge is -2.16. The molecule has 2 rings (SSSR count). The van der Waals surface area contributed by atoms with Gasteiger partial charge in [-0.2, -0.15) is 0 Å². The molecule has 0 fully saturated rings. The number of benzene rings is 1. The molecule has 0 saturated heterocycles. The molecule has 1 amide bonds. The normalized spacial score (nSPS) is 17.0. The second kappa shape index (κ2) is 2.95. The van der Waals surface area contributed by atoms with Crippen molar-refractivity contribution < 1.29 is 13.9 Å². The number of nitrogens with two attached hydrogens (primary N) is 1. The van der Waals surface area contributed by atoms with Gasteiger partial charge >= 0.3 is 0 Å². The summed E-state index contributed by atoms with van der Waals surface area (Å²) in [6.45, 7) is 3.82. The molecule has 0 aromatic heterocycles. The predicted molar refractivity (Wildman–Crippen MR) is 53.3 cm³/mol. The monoisotopic (exact) mass is 209 g/mol. The fourth-order valence-electron chi connectivity index (χ4n) is 1.81. The van der Waals surface area contributed by atoms with Gasteiger partial charge in [-0.1, -0.05) is 0 Å². The number of fused-ring (bicyclic) bond motifs is 1. The molecule has 4 heteroatoms. The van der Waals surface area contributed by atoms with Gasteiger partial charge < -0.3 is 10.5 Å². The van der Waals surface area contributed by atoms with E-state index in [4.69, 9.17) is 10.5 Å². The first-order valence-electron chi connectivity index (χ1n) is 4.70. The van der Waals surface area contributed by atoms with Crippen LogP contribution in [0.25, 0.3) is 0 Å². The topological polar surface area (TPSA) is 52.3 Å². The average Bonchev–Trinajstić information content (AvgIpc) is 2.36. The van der Waals surface area contributed by atoms with Gasteiger partial charge in [0.05, 0.1) is 5.56 Å². The molecule has 0 aliphatic carbocycles. The maximum atomic E-state index is 13.4. The largest absolute Gasteiger partial charge is 0.487 e. The third kappa shape index (κ3) is 1.67. The molecule has 2 N–H and O–H groups in total. The maximum Gasteiger partial charge on any atom is 0.251 e. The summed E-state index contributed by atoms with van der Waals surface area (Å²) >= 11 is 0. The minimum Gasteiger partial charge on any atom is -0.487 e. The summed E-state index contributed by atoms with van der Waals surface area (Å²) < 4.78 is 18.9. The summed E-state index contributed by atoms with van der Waals surface area (Å²) in [5.74, 6) is -0.874. The van der Waals surface area contributed by atoms with E-state index in [0.29, 0.717) is 12.2 Å². The number of carbonyl (C=O) groups excluding carboxylic acids is 1. The van der Waals surface area contributed by atoms with E-state index in [1.165, 1.54) is 12.1 Å². The van der Waals surface area contributed by atoms with Crippen LogP contribution in [0.2, 0.25) is 0 Å². The fraction of sp³-hybridized carbons (Fsp3) is 0.364. The maximum absolute atomic E-state index is 13.4. The van der Waals surface area contributed by atoms with Gasteiger partial charge in [-0.3, -0.25) is 4.79 Å². The van der Waals surface area contributed by atoms with Crippen LogP contribution in [-0.2, 0) is 6.42 Å². The molecular formula is C11H12FNO2. The van der Waals surface area contributed by atoms with Gasteiger partial charge in [0.2, 0.25) is 0 Å². The smallest absolute Gasteiger partial charge is 0.251 e. The lowest BCUT2D eigenvalue weighted by molar-refractivity contribution is 0.0996. The number of rotatable bonds is 1. The Kier molecular flexibility index (Phi) is 1.96. The van der Waals surface area contributed by atoms with Crippen molar-refractivity contribution in [2.75, 3.05) is 0 Å². The number of ether oxygens (including phenoxy) is 1. The number of halogens is 1. The summed E-state index contributed by atoms with van der Waals surface area (Å²) in [5, 5.41) is 0. The van der Waals surface area contributed by atoms with E-state index in [-0.39, 0.29) is 11.2 Å². The first-order chi connectivity index (χ1) is 6.89. The zero-order valence-electron chi connectivity index (χ0n) is 8.63. The Morgan fingerprint density at radius 3 is 2.80 bits per heavy atom. The number of amides is 1. The third-order valence-corrected chi connectivity index (χ3v) is 2.42. The lowest BCUT2D eigenvalue weighted by Crippen LogP contribution is -2.24. The second-order valence-electron chi connectivity index (χ2n) is 4.34. The highest BCUT2D eigenvalue weighted by molar-refractivity contribution is 5.93. The van der Waals surface area contributed by atoms with E-state index in [0.717, 1.165) is 5.56 Å². The summed E-state index contributed by atoms with van der Waals surface area (Å²) in [7, 11) is 0. The average molecular weight is 209 g/mol. The minimum atomic E-state index is -0.750. The fourth-order valence-corrected chi connectivity index (χ4v) is 1.81. The van der Waals surface area contributed by atoms with Crippen LogP contribution in [0.1, 0.15) is 29.8 Å². The number of primary amides is 1. The lowest BCUT2D eigenvalue weighted by atomic mass is 10.00. The van der Waals surface area contributed by atoms with Gasteiger partial charge in [0, 0.05) is 12.5 Å². The number of hydrogen-bond acceptors (Lipinski definition) is 2. The molecule has 0 bridgehead atoms. The summed E-state index contributed by atoms with van der Waals surface area (Å²) in [6, 6.07) is 2.70. The zero-order chi connectivity index (χ0) is 11.2. The van der Waals surface area contributed by atoms with Crippen molar-refractivity contribution in [2.45, 2.75) is 25.9 Å². The van der Waals surface area contributed by atoms with E-state index < -0.39 is 11.7 Å². The summed E-state index contributed by atoms with van der Waals surface area (Å²) in [4.78, 5) is 10.9. The van der Waals surface area contributed by atoms with Crippen molar-refractivity contribution >= 4 is 5.91 Å². The molecule has 0 saturated carbocycles. The highest BCUT2D eigenvalue weighted by atomic mass is 19.1.